The molecule has 3 amide bonds. The molecule has 6 nitrogen and oxygen atoms in total. The number of methoxy groups -OCH3 is 1. The van der Waals surface area contributed by atoms with Crippen molar-refractivity contribution in [2.75, 3.05) is 26.8 Å². The number of benzene rings is 1. The van der Waals surface area contributed by atoms with Crippen molar-refractivity contribution in [1.82, 2.24) is 15.5 Å². The largest absolute Gasteiger partial charge is 0.383 e. The first kappa shape index (κ1) is 14.6. The Morgan fingerprint density at radius 3 is 2.82 bits per heavy atom. The maximum Gasteiger partial charge on any atom is 0.319 e. The fourth-order valence-corrected chi connectivity index (χ4v) is 2.95. The molecular formula is C16H19N3O3. The molecule has 0 aliphatic carbocycles. The lowest BCUT2D eigenvalue weighted by molar-refractivity contribution is -0.126. The van der Waals surface area contributed by atoms with Crippen molar-refractivity contribution in [3.05, 3.63) is 46.7 Å². The van der Waals surface area contributed by atoms with Crippen molar-refractivity contribution in [2.45, 2.75) is 13.0 Å². The van der Waals surface area contributed by atoms with Crippen LogP contribution in [0.1, 0.15) is 17.2 Å². The van der Waals surface area contributed by atoms with Crippen molar-refractivity contribution >= 4 is 11.9 Å². The first-order chi connectivity index (χ1) is 10.6. The molecule has 0 saturated carbocycles. The molecule has 1 atom stereocenters. The number of nitrogens with zero attached hydrogens (tertiary/aromatic N) is 1. The third-order valence-corrected chi connectivity index (χ3v) is 4.09. The highest BCUT2D eigenvalue weighted by atomic mass is 16.5. The van der Waals surface area contributed by atoms with Gasteiger partial charge in [0, 0.05) is 13.7 Å². The fourth-order valence-electron chi connectivity index (χ4n) is 2.95. The maximum absolute atomic E-state index is 12.7. The van der Waals surface area contributed by atoms with Crippen molar-refractivity contribution in [2.24, 2.45) is 0 Å². The highest BCUT2D eigenvalue weighted by molar-refractivity contribution is 6.01. The Hall–Kier alpha value is -2.34. The van der Waals surface area contributed by atoms with Gasteiger partial charge in [0.2, 0.25) is 0 Å². The summed E-state index contributed by atoms with van der Waals surface area (Å²) in [5.74, 6) is -0.0483. The Bertz CT molecular complexity index is 654. The lowest BCUT2D eigenvalue weighted by Crippen LogP contribution is -2.44. The normalized spacial score (nSPS) is 20.8. The number of nitrogens with one attached hydrogen (secondary N) is 2. The SMILES string of the molecule is COCCN1CC2=C(C1=O)[C@H](c1ccccc1C)NC(=O)N2. The van der Waals surface area contributed by atoms with Gasteiger partial charge in [-0.3, -0.25) is 4.79 Å². The van der Waals surface area contributed by atoms with Crippen molar-refractivity contribution in [3.8, 4) is 0 Å². The summed E-state index contributed by atoms with van der Waals surface area (Å²) < 4.78 is 5.04. The van der Waals surface area contributed by atoms with Gasteiger partial charge in [-0.15, -0.1) is 0 Å². The third-order valence-electron chi connectivity index (χ3n) is 4.09. The molecule has 2 aliphatic rings. The van der Waals surface area contributed by atoms with Gasteiger partial charge in [0.1, 0.15) is 0 Å². The molecule has 116 valence electrons. The van der Waals surface area contributed by atoms with E-state index in [1.807, 2.05) is 31.2 Å². The minimum Gasteiger partial charge on any atom is -0.383 e. The van der Waals surface area contributed by atoms with Crippen LogP contribution in [0.25, 0.3) is 0 Å². The van der Waals surface area contributed by atoms with Crippen LogP contribution in [0, 0.1) is 6.92 Å². The van der Waals surface area contributed by atoms with Crippen LogP contribution in [-0.4, -0.2) is 43.6 Å². The van der Waals surface area contributed by atoms with Gasteiger partial charge < -0.3 is 20.3 Å². The van der Waals surface area contributed by atoms with E-state index in [0.717, 1.165) is 11.1 Å². The van der Waals surface area contributed by atoms with Gasteiger partial charge in [-0.1, -0.05) is 24.3 Å². The quantitative estimate of drug-likeness (QED) is 0.874. The Morgan fingerprint density at radius 1 is 1.32 bits per heavy atom. The predicted octanol–water partition coefficient (Wildman–Crippen LogP) is 1.09. The van der Waals surface area contributed by atoms with Gasteiger partial charge in [-0.25, -0.2) is 4.79 Å². The molecule has 2 aliphatic heterocycles. The van der Waals surface area contributed by atoms with Gasteiger partial charge in [0.25, 0.3) is 5.91 Å². The Kier molecular flexibility index (Phi) is 3.85. The van der Waals surface area contributed by atoms with Gasteiger partial charge in [0.05, 0.1) is 30.5 Å². The van der Waals surface area contributed by atoms with Crippen LogP contribution in [0.2, 0.25) is 0 Å². The number of hydrogen-bond donors (Lipinski definition) is 2. The molecule has 22 heavy (non-hydrogen) atoms. The molecule has 2 N–H and O–H groups in total. The number of rotatable bonds is 4. The molecule has 1 aromatic carbocycles. The summed E-state index contributed by atoms with van der Waals surface area (Å²) in [4.78, 5) is 26.3. The number of carbonyl (C=O) groups is 2. The molecule has 3 rings (SSSR count). The van der Waals surface area contributed by atoms with E-state index in [1.165, 1.54) is 0 Å². The summed E-state index contributed by atoms with van der Waals surface area (Å²) in [5.41, 5.74) is 3.32. The predicted molar refractivity (Wildman–Crippen MR) is 81.1 cm³/mol. The van der Waals surface area contributed by atoms with Gasteiger partial charge >= 0.3 is 6.03 Å². The van der Waals surface area contributed by atoms with E-state index in [9.17, 15) is 9.59 Å². The van der Waals surface area contributed by atoms with E-state index in [0.29, 0.717) is 31.0 Å². The number of carbonyl (C=O) groups excluding carboxylic acids is 2. The summed E-state index contributed by atoms with van der Waals surface area (Å²) in [7, 11) is 1.60. The van der Waals surface area contributed by atoms with Crippen LogP contribution in [0.3, 0.4) is 0 Å². The summed E-state index contributed by atoms with van der Waals surface area (Å²) in [5, 5.41) is 5.63. The first-order valence-electron chi connectivity index (χ1n) is 7.26. The number of amides is 3. The molecule has 6 heteroatoms. The van der Waals surface area contributed by atoms with E-state index in [1.54, 1.807) is 12.0 Å². The van der Waals surface area contributed by atoms with Gasteiger partial charge in [-0.2, -0.15) is 0 Å². The van der Waals surface area contributed by atoms with Crippen LogP contribution in [0.5, 0.6) is 0 Å². The fraction of sp³-hybridized carbons (Fsp3) is 0.375. The van der Waals surface area contributed by atoms with Crippen LogP contribution < -0.4 is 10.6 Å². The van der Waals surface area contributed by atoms with Gasteiger partial charge in [0.15, 0.2) is 0 Å². The molecule has 0 radical (unpaired) electrons. The zero-order valence-electron chi connectivity index (χ0n) is 12.7. The smallest absolute Gasteiger partial charge is 0.319 e. The van der Waals surface area contributed by atoms with Crippen LogP contribution >= 0.6 is 0 Å². The van der Waals surface area contributed by atoms with Crippen molar-refractivity contribution in [3.63, 3.8) is 0 Å². The second-order valence-electron chi connectivity index (χ2n) is 5.50. The zero-order chi connectivity index (χ0) is 15.7. The van der Waals surface area contributed by atoms with Crippen molar-refractivity contribution < 1.29 is 14.3 Å². The minimum absolute atomic E-state index is 0.0483. The van der Waals surface area contributed by atoms with E-state index in [2.05, 4.69) is 10.6 Å². The Balaban J connectivity index is 1.95. The third kappa shape index (κ3) is 2.46. The van der Waals surface area contributed by atoms with E-state index in [-0.39, 0.29) is 11.9 Å². The average molecular weight is 301 g/mol. The monoisotopic (exact) mass is 301 g/mol. The standard InChI is InChI=1S/C16H19N3O3/c1-10-5-3-4-6-11(10)14-13-12(17-16(21)18-14)9-19(15(13)20)7-8-22-2/h3-6,14H,7-9H2,1-2H3,(H2,17,18,21)/t14-/m0/s1. The lowest BCUT2D eigenvalue weighted by Gasteiger charge is -2.26. The molecule has 0 aromatic heterocycles. The number of ether oxygens (including phenoxy) is 1. The molecule has 1 aromatic rings. The van der Waals surface area contributed by atoms with Crippen molar-refractivity contribution in [1.29, 1.82) is 0 Å². The van der Waals surface area contributed by atoms with Crippen LogP contribution in [-0.2, 0) is 9.53 Å². The summed E-state index contributed by atoms with van der Waals surface area (Å²) in [6, 6.07) is 7.11. The minimum atomic E-state index is -0.398. The second kappa shape index (κ2) is 5.81. The van der Waals surface area contributed by atoms with E-state index in [4.69, 9.17) is 4.74 Å². The molecule has 0 unspecified atom stereocenters. The Morgan fingerprint density at radius 2 is 2.09 bits per heavy atom. The van der Waals surface area contributed by atoms with E-state index < -0.39 is 6.04 Å². The highest BCUT2D eigenvalue weighted by Crippen LogP contribution is 2.33. The number of hydrogen-bond acceptors (Lipinski definition) is 3. The van der Waals surface area contributed by atoms with E-state index >= 15 is 0 Å². The zero-order valence-corrected chi connectivity index (χ0v) is 12.7. The maximum atomic E-state index is 12.7. The molecule has 2 heterocycles. The second-order valence-corrected chi connectivity index (χ2v) is 5.50. The summed E-state index contributed by atoms with van der Waals surface area (Å²) in [6.07, 6.45) is 0. The number of urea groups is 1. The first-order valence-corrected chi connectivity index (χ1v) is 7.26. The lowest BCUT2D eigenvalue weighted by atomic mass is 9.93. The molecule has 0 saturated heterocycles. The van der Waals surface area contributed by atoms with Gasteiger partial charge in [-0.05, 0) is 18.1 Å². The number of aryl methyl sites for hydroxylation is 1. The Labute approximate surface area is 129 Å². The topological polar surface area (TPSA) is 70.7 Å². The molecular weight excluding hydrogens is 282 g/mol. The molecule has 0 bridgehead atoms. The average Bonchev–Trinajstić information content (AvgIpc) is 2.81. The summed E-state index contributed by atoms with van der Waals surface area (Å²) >= 11 is 0. The highest BCUT2D eigenvalue weighted by Gasteiger charge is 2.40. The summed E-state index contributed by atoms with van der Waals surface area (Å²) in [6.45, 7) is 3.39. The molecule has 0 fully saturated rings. The molecule has 0 spiro atoms. The van der Waals surface area contributed by atoms with Crippen LogP contribution in [0.4, 0.5) is 4.79 Å². The van der Waals surface area contributed by atoms with Crippen LogP contribution in [0.15, 0.2) is 35.5 Å².